The number of ether oxygens (including phenoxy) is 2. The van der Waals surface area contributed by atoms with Gasteiger partial charge in [0.25, 0.3) is 0 Å². The lowest BCUT2D eigenvalue weighted by molar-refractivity contribution is -0.183. The zero-order valence-corrected chi connectivity index (χ0v) is 12.4. The predicted octanol–water partition coefficient (Wildman–Crippen LogP) is 3.69. The lowest BCUT2D eigenvalue weighted by Gasteiger charge is -2.30. The largest absolute Gasteiger partial charge is 0.349 e. The first kappa shape index (κ1) is 15.4. The van der Waals surface area contributed by atoms with E-state index in [-0.39, 0.29) is 5.78 Å². The Labute approximate surface area is 125 Å². The molecule has 0 aliphatic heterocycles. The van der Waals surface area contributed by atoms with E-state index in [1.165, 1.54) is 0 Å². The second-order valence-corrected chi connectivity index (χ2v) is 4.75. The highest BCUT2D eigenvalue weighted by atomic mass is 16.7. The normalized spacial score (nSPS) is 21.5. The maximum Gasteiger partial charge on any atom is 0.191 e. The van der Waals surface area contributed by atoms with Crippen molar-refractivity contribution in [3.63, 3.8) is 0 Å². The number of ketones is 1. The van der Waals surface area contributed by atoms with Crippen molar-refractivity contribution in [2.24, 2.45) is 0 Å². The molecule has 0 aromatic heterocycles. The standard InChI is InChI=1S/C18H20O3/c1-3-21-18(20-2)13-11-15(12-14-18)9-10-17(19)16-7-5-4-6-8-16/h4-13H,3,14H2,1-2H3. The molecule has 0 radical (unpaired) electrons. The fourth-order valence-corrected chi connectivity index (χ4v) is 2.18. The van der Waals surface area contributed by atoms with E-state index in [4.69, 9.17) is 9.47 Å². The number of methoxy groups -OCH3 is 1. The van der Waals surface area contributed by atoms with Gasteiger partial charge in [0.15, 0.2) is 11.6 Å². The Hall–Kier alpha value is -1.97. The van der Waals surface area contributed by atoms with E-state index in [0.29, 0.717) is 18.6 Å². The third-order valence-electron chi connectivity index (χ3n) is 3.37. The van der Waals surface area contributed by atoms with Crippen LogP contribution in [0.25, 0.3) is 0 Å². The van der Waals surface area contributed by atoms with Crippen LogP contribution in [0.3, 0.4) is 0 Å². The number of benzene rings is 1. The quantitative estimate of drug-likeness (QED) is 0.454. The average molecular weight is 284 g/mol. The summed E-state index contributed by atoms with van der Waals surface area (Å²) >= 11 is 0. The molecular weight excluding hydrogens is 264 g/mol. The van der Waals surface area contributed by atoms with Crippen LogP contribution in [0.15, 0.2) is 66.3 Å². The molecule has 0 N–H and O–H groups in total. The molecule has 2 rings (SSSR count). The number of hydrogen-bond acceptors (Lipinski definition) is 3. The molecule has 0 heterocycles. The molecule has 3 nitrogen and oxygen atoms in total. The highest BCUT2D eigenvalue weighted by Gasteiger charge is 2.27. The van der Waals surface area contributed by atoms with Gasteiger partial charge in [-0.25, -0.2) is 0 Å². The van der Waals surface area contributed by atoms with Gasteiger partial charge in [-0.1, -0.05) is 48.6 Å². The van der Waals surface area contributed by atoms with Crippen LogP contribution in [0.1, 0.15) is 23.7 Å². The van der Waals surface area contributed by atoms with E-state index in [2.05, 4.69) is 0 Å². The van der Waals surface area contributed by atoms with Crippen LogP contribution in [-0.4, -0.2) is 25.3 Å². The molecule has 0 saturated carbocycles. The third-order valence-corrected chi connectivity index (χ3v) is 3.37. The lowest BCUT2D eigenvalue weighted by atomic mass is 10.0. The van der Waals surface area contributed by atoms with Crippen molar-refractivity contribution >= 4 is 5.78 Å². The van der Waals surface area contributed by atoms with Crippen molar-refractivity contribution in [3.05, 3.63) is 71.8 Å². The molecule has 0 spiro atoms. The summed E-state index contributed by atoms with van der Waals surface area (Å²) in [5.41, 5.74) is 1.67. The van der Waals surface area contributed by atoms with E-state index in [1.807, 2.05) is 61.6 Å². The smallest absolute Gasteiger partial charge is 0.191 e. The van der Waals surface area contributed by atoms with Gasteiger partial charge in [-0.3, -0.25) is 4.79 Å². The molecule has 1 aliphatic rings. The molecule has 0 saturated heterocycles. The highest BCUT2D eigenvalue weighted by molar-refractivity contribution is 6.04. The summed E-state index contributed by atoms with van der Waals surface area (Å²) in [5, 5.41) is 0. The van der Waals surface area contributed by atoms with Crippen LogP contribution in [0, 0.1) is 0 Å². The predicted molar refractivity (Wildman–Crippen MR) is 83.1 cm³/mol. The summed E-state index contributed by atoms with van der Waals surface area (Å²) in [6.45, 7) is 2.52. The first-order valence-corrected chi connectivity index (χ1v) is 7.05. The lowest BCUT2D eigenvalue weighted by Crippen LogP contribution is -2.33. The second kappa shape index (κ2) is 7.16. The zero-order chi connectivity index (χ0) is 15.1. The van der Waals surface area contributed by atoms with Gasteiger partial charge in [0.1, 0.15) is 0 Å². The highest BCUT2D eigenvalue weighted by Crippen LogP contribution is 2.26. The molecule has 21 heavy (non-hydrogen) atoms. The fourth-order valence-electron chi connectivity index (χ4n) is 2.18. The number of rotatable bonds is 6. The van der Waals surface area contributed by atoms with Gasteiger partial charge in [-0.15, -0.1) is 0 Å². The van der Waals surface area contributed by atoms with Crippen molar-refractivity contribution in [2.45, 2.75) is 19.1 Å². The first-order valence-electron chi connectivity index (χ1n) is 7.05. The minimum Gasteiger partial charge on any atom is -0.349 e. The molecule has 0 fully saturated rings. The Balaban J connectivity index is 2.01. The molecule has 1 unspecified atom stereocenters. The summed E-state index contributed by atoms with van der Waals surface area (Å²) in [6.07, 6.45) is 9.85. The number of hydrogen-bond donors (Lipinski definition) is 0. The number of allylic oxidation sites excluding steroid dienone is 4. The first-order chi connectivity index (χ1) is 10.2. The summed E-state index contributed by atoms with van der Waals surface area (Å²) in [7, 11) is 1.63. The molecule has 1 atom stereocenters. The molecule has 1 aliphatic carbocycles. The maximum absolute atomic E-state index is 12.0. The Morgan fingerprint density at radius 2 is 2.10 bits per heavy atom. The van der Waals surface area contributed by atoms with Gasteiger partial charge >= 0.3 is 0 Å². The summed E-state index contributed by atoms with van der Waals surface area (Å²) in [6, 6.07) is 9.22. The monoisotopic (exact) mass is 284 g/mol. The van der Waals surface area contributed by atoms with Gasteiger partial charge < -0.3 is 9.47 Å². The van der Waals surface area contributed by atoms with Crippen molar-refractivity contribution < 1.29 is 14.3 Å². The Kier molecular flexibility index (Phi) is 5.26. The van der Waals surface area contributed by atoms with Gasteiger partial charge in [-0.2, -0.15) is 0 Å². The van der Waals surface area contributed by atoms with Gasteiger partial charge in [0, 0.05) is 25.7 Å². The van der Waals surface area contributed by atoms with Crippen LogP contribution in [0.2, 0.25) is 0 Å². The minimum atomic E-state index is -0.671. The summed E-state index contributed by atoms with van der Waals surface area (Å²) < 4.78 is 11.0. The van der Waals surface area contributed by atoms with Crippen molar-refractivity contribution in [1.82, 2.24) is 0 Å². The number of carbonyl (C=O) groups excluding carboxylic acids is 1. The van der Waals surface area contributed by atoms with E-state index in [0.717, 1.165) is 5.57 Å². The Morgan fingerprint density at radius 3 is 2.67 bits per heavy atom. The van der Waals surface area contributed by atoms with Crippen molar-refractivity contribution in [2.75, 3.05) is 13.7 Å². The fraction of sp³-hybridized carbons (Fsp3) is 0.278. The Morgan fingerprint density at radius 1 is 1.33 bits per heavy atom. The average Bonchev–Trinajstić information content (AvgIpc) is 2.55. The summed E-state index contributed by atoms with van der Waals surface area (Å²) in [5.74, 6) is -0.673. The van der Waals surface area contributed by atoms with Crippen molar-refractivity contribution in [1.29, 1.82) is 0 Å². The maximum atomic E-state index is 12.0. The SMILES string of the molecule is CCOC1(OC)C=CC(C=CC(=O)c2ccccc2)=CC1. The van der Waals surface area contributed by atoms with Crippen LogP contribution < -0.4 is 0 Å². The van der Waals surface area contributed by atoms with Crippen LogP contribution in [-0.2, 0) is 9.47 Å². The third kappa shape index (κ3) is 4.00. The minimum absolute atomic E-state index is 0.00159. The topological polar surface area (TPSA) is 35.5 Å². The van der Waals surface area contributed by atoms with Crippen LogP contribution in [0.5, 0.6) is 0 Å². The van der Waals surface area contributed by atoms with Gasteiger partial charge in [-0.05, 0) is 24.6 Å². The van der Waals surface area contributed by atoms with Gasteiger partial charge in [0.05, 0.1) is 0 Å². The van der Waals surface area contributed by atoms with Crippen molar-refractivity contribution in [3.8, 4) is 0 Å². The number of carbonyl (C=O) groups is 1. The Bertz CT molecular complexity index is 569. The second-order valence-electron chi connectivity index (χ2n) is 4.75. The summed E-state index contributed by atoms with van der Waals surface area (Å²) in [4.78, 5) is 12.0. The zero-order valence-electron chi connectivity index (χ0n) is 12.4. The molecular formula is C18H20O3. The molecule has 1 aromatic carbocycles. The van der Waals surface area contributed by atoms with E-state index < -0.39 is 5.79 Å². The molecule has 1 aromatic rings. The van der Waals surface area contributed by atoms with E-state index in [9.17, 15) is 4.79 Å². The molecule has 110 valence electrons. The molecule has 0 amide bonds. The van der Waals surface area contributed by atoms with Crippen LogP contribution in [0.4, 0.5) is 0 Å². The van der Waals surface area contributed by atoms with E-state index in [1.54, 1.807) is 13.2 Å². The van der Waals surface area contributed by atoms with E-state index >= 15 is 0 Å². The van der Waals surface area contributed by atoms with Crippen LogP contribution >= 0.6 is 0 Å². The molecule has 3 heteroatoms. The molecule has 0 bridgehead atoms. The van der Waals surface area contributed by atoms with Gasteiger partial charge in [0.2, 0.25) is 0 Å².